The molecule has 2 N–H and O–H groups in total. The van der Waals surface area contributed by atoms with E-state index >= 15 is 0 Å². The first-order valence-corrected chi connectivity index (χ1v) is 5.47. The summed E-state index contributed by atoms with van der Waals surface area (Å²) >= 11 is 1.69. The lowest BCUT2D eigenvalue weighted by Gasteiger charge is -2.09. The molecular formula is C11H12N2S. The van der Waals surface area contributed by atoms with Crippen LogP contribution in [0, 0.1) is 0 Å². The van der Waals surface area contributed by atoms with Crippen LogP contribution >= 0.6 is 11.3 Å². The van der Waals surface area contributed by atoms with Gasteiger partial charge in [-0.25, -0.2) is 0 Å². The topological polar surface area (TPSA) is 38.9 Å². The maximum Gasteiger partial charge on any atom is 0.0344 e. The van der Waals surface area contributed by atoms with Gasteiger partial charge in [-0.3, -0.25) is 4.98 Å². The van der Waals surface area contributed by atoms with Crippen molar-refractivity contribution in [3.63, 3.8) is 0 Å². The van der Waals surface area contributed by atoms with E-state index in [2.05, 4.69) is 21.8 Å². The minimum Gasteiger partial charge on any atom is -0.324 e. The van der Waals surface area contributed by atoms with Crippen LogP contribution in [0.2, 0.25) is 0 Å². The molecule has 2 aromatic rings. The van der Waals surface area contributed by atoms with Crippen molar-refractivity contribution in [1.82, 2.24) is 4.98 Å². The lowest BCUT2D eigenvalue weighted by molar-refractivity contribution is 0.724. The van der Waals surface area contributed by atoms with Crippen LogP contribution in [-0.4, -0.2) is 4.98 Å². The van der Waals surface area contributed by atoms with Gasteiger partial charge in [0, 0.05) is 18.4 Å². The Morgan fingerprint density at radius 3 is 2.71 bits per heavy atom. The van der Waals surface area contributed by atoms with Gasteiger partial charge in [-0.2, -0.15) is 11.3 Å². The zero-order valence-corrected chi connectivity index (χ0v) is 8.58. The van der Waals surface area contributed by atoms with Gasteiger partial charge in [-0.1, -0.05) is 0 Å². The number of rotatable bonds is 3. The number of nitrogens with two attached hydrogens (primary N) is 1. The van der Waals surface area contributed by atoms with Crippen LogP contribution in [0.3, 0.4) is 0 Å². The summed E-state index contributed by atoms with van der Waals surface area (Å²) < 4.78 is 0. The Morgan fingerprint density at radius 2 is 2.07 bits per heavy atom. The summed E-state index contributed by atoms with van der Waals surface area (Å²) in [6.07, 6.45) is 4.48. The number of nitrogens with zero attached hydrogens (tertiary/aromatic N) is 1. The van der Waals surface area contributed by atoms with Crippen LogP contribution in [0.4, 0.5) is 0 Å². The number of hydrogen-bond donors (Lipinski definition) is 1. The second-order valence-electron chi connectivity index (χ2n) is 3.22. The highest BCUT2D eigenvalue weighted by atomic mass is 32.1. The molecule has 14 heavy (non-hydrogen) atoms. The normalized spacial score (nSPS) is 12.6. The molecule has 0 fully saturated rings. The third-order valence-corrected chi connectivity index (χ3v) is 2.88. The van der Waals surface area contributed by atoms with E-state index in [-0.39, 0.29) is 6.04 Å². The van der Waals surface area contributed by atoms with Crippen molar-refractivity contribution in [3.05, 3.63) is 52.5 Å². The Labute approximate surface area is 87.4 Å². The van der Waals surface area contributed by atoms with E-state index in [1.165, 1.54) is 11.1 Å². The summed E-state index contributed by atoms with van der Waals surface area (Å²) in [5.74, 6) is 0. The van der Waals surface area contributed by atoms with Crippen molar-refractivity contribution in [2.75, 3.05) is 0 Å². The first-order chi connectivity index (χ1) is 6.86. The molecule has 1 atom stereocenters. The number of pyridine rings is 1. The second-order valence-corrected chi connectivity index (χ2v) is 4.00. The largest absolute Gasteiger partial charge is 0.324 e. The zero-order chi connectivity index (χ0) is 9.80. The van der Waals surface area contributed by atoms with E-state index in [0.29, 0.717) is 0 Å². The van der Waals surface area contributed by atoms with Gasteiger partial charge in [0.25, 0.3) is 0 Å². The first-order valence-electron chi connectivity index (χ1n) is 4.53. The maximum atomic E-state index is 6.06. The molecule has 0 aromatic carbocycles. The van der Waals surface area contributed by atoms with Crippen LogP contribution in [-0.2, 0) is 6.42 Å². The van der Waals surface area contributed by atoms with Crippen LogP contribution < -0.4 is 5.73 Å². The molecule has 2 aromatic heterocycles. The predicted molar refractivity (Wildman–Crippen MR) is 59.2 cm³/mol. The highest BCUT2D eigenvalue weighted by molar-refractivity contribution is 7.07. The maximum absolute atomic E-state index is 6.06. The van der Waals surface area contributed by atoms with Crippen molar-refractivity contribution < 1.29 is 0 Å². The van der Waals surface area contributed by atoms with Crippen molar-refractivity contribution in [2.45, 2.75) is 12.5 Å². The molecule has 3 heteroatoms. The van der Waals surface area contributed by atoms with E-state index in [4.69, 9.17) is 5.73 Å². The van der Waals surface area contributed by atoms with Crippen molar-refractivity contribution in [3.8, 4) is 0 Å². The van der Waals surface area contributed by atoms with Crippen LogP contribution in [0.15, 0.2) is 41.4 Å². The first kappa shape index (κ1) is 9.37. The summed E-state index contributed by atoms with van der Waals surface area (Å²) in [6, 6.07) is 6.19. The highest BCUT2D eigenvalue weighted by Gasteiger charge is 2.06. The third-order valence-electron chi connectivity index (χ3n) is 2.18. The molecule has 0 aliphatic carbocycles. The smallest absolute Gasteiger partial charge is 0.0344 e. The highest BCUT2D eigenvalue weighted by Crippen LogP contribution is 2.17. The molecule has 2 nitrogen and oxygen atoms in total. The van der Waals surface area contributed by atoms with Gasteiger partial charge in [0.05, 0.1) is 0 Å². The molecule has 2 rings (SSSR count). The Hall–Kier alpha value is -1.19. The van der Waals surface area contributed by atoms with Crippen molar-refractivity contribution in [1.29, 1.82) is 0 Å². The fraction of sp³-hybridized carbons (Fsp3) is 0.182. The molecule has 0 saturated heterocycles. The van der Waals surface area contributed by atoms with Gasteiger partial charge in [0.15, 0.2) is 0 Å². The minimum atomic E-state index is 0.101. The molecule has 2 heterocycles. The third kappa shape index (κ3) is 2.19. The fourth-order valence-electron chi connectivity index (χ4n) is 1.38. The molecule has 0 aliphatic heterocycles. The number of hydrogen-bond acceptors (Lipinski definition) is 3. The molecule has 72 valence electrons. The van der Waals surface area contributed by atoms with E-state index in [1.807, 2.05) is 12.1 Å². The van der Waals surface area contributed by atoms with E-state index in [1.54, 1.807) is 23.7 Å². The molecule has 0 saturated carbocycles. The molecule has 0 spiro atoms. The Morgan fingerprint density at radius 1 is 1.29 bits per heavy atom. The number of thiophene rings is 1. The van der Waals surface area contributed by atoms with E-state index < -0.39 is 0 Å². The lowest BCUT2D eigenvalue weighted by Crippen LogP contribution is -2.12. The summed E-state index contributed by atoms with van der Waals surface area (Å²) in [7, 11) is 0. The van der Waals surface area contributed by atoms with Gasteiger partial charge in [-0.05, 0) is 46.5 Å². The average Bonchev–Trinajstić information content (AvgIpc) is 2.72. The predicted octanol–water partition coefficient (Wildman–Crippen LogP) is 2.39. The van der Waals surface area contributed by atoms with Crippen LogP contribution in [0.1, 0.15) is 17.2 Å². The van der Waals surface area contributed by atoms with Crippen LogP contribution in [0.25, 0.3) is 0 Å². The summed E-state index contributed by atoms with van der Waals surface area (Å²) in [5.41, 5.74) is 8.51. The Balaban J connectivity index is 2.06. The average molecular weight is 204 g/mol. The van der Waals surface area contributed by atoms with Gasteiger partial charge in [0.1, 0.15) is 0 Å². The van der Waals surface area contributed by atoms with Gasteiger partial charge in [-0.15, -0.1) is 0 Å². The number of aromatic nitrogens is 1. The fourth-order valence-corrected chi connectivity index (χ4v) is 2.10. The zero-order valence-electron chi connectivity index (χ0n) is 7.76. The van der Waals surface area contributed by atoms with Gasteiger partial charge in [0.2, 0.25) is 0 Å². The molecule has 0 aliphatic rings. The van der Waals surface area contributed by atoms with E-state index in [9.17, 15) is 0 Å². The molecular weight excluding hydrogens is 192 g/mol. The summed E-state index contributed by atoms with van der Waals surface area (Å²) in [5, 5.41) is 4.16. The molecule has 0 bridgehead atoms. The Kier molecular flexibility index (Phi) is 2.91. The summed E-state index contributed by atoms with van der Waals surface area (Å²) in [6.45, 7) is 0. The lowest BCUT2D eigenvalue weighted by atomic mass is 10.0. The van der Waals surface area contributed by atoms with Crippen molar-refractivity contribution >= 4 is 11.3 Å². The SMILES string of the molecule is NC(Cc1ccncc1)c1ccsc1. The van der Waals surface area contributed by atoms with E-state index in [0.717, 1.165) is 6.42 Å². The molecule has 0 radical (unpaired) electrons. The quantitative estimate of drug-likeness (QED) is 0.833. The summed E-state index contributed by atoms with van der Waals surface area (Å²) in [4.78, 5) is 3.98. The van der Waals surface area contributed by atoms with Gasteiger partial charge < -0.3 is 5.73 Å². The monoisotopic (exact) mass is 204 g/mol. The standard InChI is InChI=1S/C11H12N2S/c12-11(10-3-6-14-8-10)7-9-1-4-13-5-2-9/h1-6,8,11H,7,12H2. The minimum absolute atomic E-state index is 0.101. The van der Waals surface area contributed by atoms with Crippen molar-refractivity contribution in [2.24, 2.45) is 5.73 Å². The molecule has 1 unspecified atom stereocenters. The second kappa shape index (κ2) is 4.35. The van der Waals surface area contributed by atoms with Crippen LogP contribution in [0.5, 0.6) is 0 Å². The Bertz CT molecular complexity index is 369. The van der Waals surface area contributed by atoms with Gasteiger partial charge >= 0.3 is 0 Å². The molecule has 0 amide bonds.